The van der Waals surface area contributed by atoms with Crippen molar-refractivity contribution in [2.75, 3.05) is 19.6 Å². The molecule has 1 N–H and O–H groups in total. The van der Waals surface area contributed by atoms with Gasteiger partial charge in [-0.2, -0.15) is 0 Å². The zero-order valence-corrected chi connectivity index (χ0v) is 12.0. The van der Waals surface area contributed by atoms with Crippen LogP contribution in [0.25, 0.3) is 0 Å². The van der Waals surface area contributed by atoms with Crippen molar-refractivity contribution in [1.82, 2.24) is 10.2 Å². The molecule has 1 aromatic rings. The zero-order valence-electron chi connectivity index (χ0n) is 11.3. The van der Waals surface area contributed by atoms with E-state index in [2.05, 4.69) is 5.32 Å². The van der Waals surface area contributed by atoms with Crippen LogP contribution in [0.15, 0.2) is 18.2 Å². The van der Waals surface area contributed by atoms with Gasteiger partial charge in [0.1, 0.15) is 0 Å². The third-order valence-electron chi connectivity index (χ3n) is 3.01. The van der Waals surface area contributed by atoms with Gasteiger partial charge in [-0.25, -0.2) is 0 Å². The van der Waals surface area contributed by atoms with Crippen LogP contribution in [-0.4, -0.2) is 30.4 Å². The molecule has 0 aliphatic carbocycles. The predicted octanol–water partition coefficient (Wildman–Crippen LogP) is 2.61. The number of aryl methyl sites for hydroxylation is 1. The highest BCUT2D eigenvalue weighted by Crippen LogP contribution is 2.14. The fourth-order valence-electron chi connectivity index (χ4n) is 1.85. The van der Waals surface area contributed by atoms with E-state index in [-0.39, 0.29) is 5.91 Å². The van der Waals surface area contributed by atoms with Crippen molar-refractivity contribution in [3.63, 3.8) is 0 Å². The lowest BCUT2D eigenvalue weighted by Gasteiger charge is -2.19. The molecule has 0 heterocycles. The summed E-state index contributed by atoms with van der Waals surface area (Å²) in [5.41, 5.74) is 2.32. The average Bonchev–Trinajstić information content (AvgIpc) is 2.33. The molecule has 0 aliphatic heterocycles. The molecule has 0 aromatic heterocycles. The van der Waals surface area contributed by atoms with Crippen LogP contribution in [0.1, 0.15) is 25.0 Å². The molecule has 0 atom stereocenters. The molecule has 0 aliphatic rings. The number of hydrogen-bond acceptors (Lipinski definition) is 2. The van der Waals surface area contributed by atoms with E-state index in [0.29, 0.717) is 13.1 Å². The van der Waals surface area contributed by atoms with Crippen LogP contribution in [0.4, 0.5) is 0 Å². The Balaban J connectivity index is 2.44. The molecular weight excluding hydrogens is 248 g/mol. The molecule has 4 heteroatoms. The number of halogens is 1. The summed E-state index contributed by atoms with van der Waals surface area (Å²) in [6.07, 6.45) is 0. The number of nitrogens with zero attached hydrogens (tertiary/aromatic N) is 1. The third kappa shape index (κ3) is 4.31. The van der Waals surface area contributed by atoms with Gasteiger partial charge in [0.25, 0.3) is 0 Å². The van der Waals surface area contributed by atoms with Gasteiger partial charge < -0.3 is 10.2 Å². The first-order chi connectivity index (χ1) is 8.58. The van der Waals surface area contributed by atoms with Gasteiger partial charge in [0.05, 0.1) is 6.54 Å². The number of carbonyl (C=O) groups is 1. The number of amides is 1. The van der Waals surface area contributed by atoms with Crippen LogP contribution in [0.5, 0.6) is 0 Å². The molecule has 1 rings (SSSR count). The lowest BCUT2D eigenvalue weighted by atomic mass is 10.1. The van der Waals surface area contributed by atoms with Crippen molar-refractivity contribution in [1.29, 1.82) is 0 Å². The highest BCUT2D eigenvalue weighted by molar-refractivity contribution is 6.30. The van der Waals surface area contributed by atoms with Crippen LogP contribution >= 0.6 is 11.6 Å². The monoisotopic (exact) mass is 268 g/mol. The van der Waals surface area contributed by atoms with Crippen LogP contribution in [0, 0.1) is 6.92 Å². The Hall–Kier alpha value is -1.06. The second kappa shape index (κ2) is 7.39. The van der Waals surface area contributed by atoms with Gasteiger partial charge >= 0.3 is 0 Å². The van der Waals surface area contributed by atoms with Gasteiger partial charge in [-0.15, -0.1) is 0 Å². The Morgan fingerprint density at radius 1 is 1.33 bits per heavy atom. The van der Waals surface area contributed by atoms with Gasteiger partial charge in [0.2, 0.25) is 5.91 Å². The van der Waals surface area contributed by atoms with Gasteiger partial charge in [-0.05, 0) is 44.0 Å². The van der Waals surface area contributed by atoms with E-state index in [1.54, 1.807) is 0 Å². The minimum absolute atomic E-state index is 0.145. The van der Waals surface area contributed by atoms with Crippen molar-refractivity contribution in [2.45, 2.75) is 27.3 Å². The smallest absolute Gasteiger partial charge is 0.236 e. The fraction of sp³-hybridized carbons (Fsp3) is 0.500. The topological polar surface area (TPSA) is 32.3 Å². The Morgan fingerprint density at radius 2 is 2.00 bits per heavy atom. The fourth-order valence-corrected chi connectivity index (χ4v) is 2.08. The molecule has 0 fully saturated rings. The molecule has 18 heavy (non-hydrogen) atoms. The lowest BCUT2D eigenvalue weighted by molar-refractivity contribution is -0.129. The minimum atomic E-state index is 0.145. The summed E-state index contributed by atoms with van der Waals surface area (Å²) >= 11 is 5.90. The van der Waals surface area contributed by atoms with E-state index < -0.39 is 0 Å². The maximum Gasteiger partial charge on any atom is 0.236 e. The van der Waals surface area contributed by atoms with E-state index in [9.17, 15) is 4.79 Å². The van der Waals surface area contributed by atoms with E-state index in [0.717, 1.165) is 23.7 Å². The molecule has 0 bridgehead atoms. The average molecular weight is 269 g/mol. The van der Waals surface area contributed by atoms with Crippen molar-refractivity contribution in [2.24, 2.45) is 0 Å². The van der Waals surface area contributed by atoms with Crippen molar-refractivity contribution >= 4 is 17.5 Å². The van der Waals surface area contributed by atoms with Crippen LogP contribution < -0.4 is 5.32 Å². The number of likely N-dealkylation sites (N-methyl/N-ethyl adjacent to an activating group) is 1. The lowest BCUT2D eigenvalue weighted by Crippen LogP contribution is -2.37. The first-order valence-corrected chi connectivity index (χ1v) is 6.69. The Bertz CT molecular complexity index is 403. The van der Waals surface area contributed by atoms with E-state index in [4.69, 9.17) is 11.6 Å². The van der Waals surface area contributed by atoms with Crippen molar-refractivity contribution in [3.05, 3.63) is 34.3 Å². The Labute approximate surface area is 114 Å². The second-order valence-corrected chi connectivity index (χ2v) is 4.68. The molecule has 1 amide bonds. The van der Waals surface area contributed by atoms with Gasteiger partial charge in [-0.1, -0.05) is 17.7 Å². The number of rotatable bonds is 6. The molecule has 100 valence electrons. The SMILES string of the molecule is CCN(CC)C(=O)CNCc1ccc(Cl)cc1C. The van der Waals surface area contributed by atoms with Gasteiger partial charge in [0, 0.05) is 24.7 Å². The largest absolute Gasteiger partial charge is 0.342 e. The number of nitrogens with one attached hydrogen (secondary N) is 1. The quantitative estimate of drug-likeness (QED) is 0.860. The third-order valence-corrected chi connectivity index (χ3v) is 3.25. The molecule has 0 spiro atoms. The molecule has 1 aromatic carbocycles. The molecular formula is C14H21ClN2O. The maximum absolute atomic E-state index is 11.8. The van der Waals surface area contributed by atoms with Crippen molar-refractivity contribution in [3.8, 4) is 0 Å². The molecule has 0 unspecified atom stereocenters. The van der Waals surface area contributed by atoms with Crippen LogP contribution in [-0.2, 0) is 11.3 Å². The standard InChI is InChI=1S/C14H21ClN2O/c1-4-17(5-2)14(18)10-16-9-12-6-7-13(15)8-11(12)3/h6-8,16H,4-5,9-10H2,1-3H3. The summed E-state index contributed by atoms with van der Waals surface area (Å²) in [4.78, 5) is 13.6. The first kappa shape index (κ1) is 15.0. The van der Waals surface area contributed by atoms with Crippen LogP contribution in [0.3, 0.4) is 0 Å². The second-order valence-electron chi connectivity index (χ2n) is 4.24. The summed E-state index contributed by atoms with van der Waals surface area (Å²) in [5.74, 6) is 0.145. The van der Waals surface area contributed by atoms with Crippen molar-refractivity contribution < 1.29 is 4.79 Å². The minimum Gasteiger partial charge on any atom is -0.342 e. The van der Waals surface area contributed by atoms with E-state index >= 15 is 0 Å². The maximum atomic E-state index is 11.8. The summed E-state index contributed by atoms with van der Waals surface area (Å²) in [5, 5.41) is 3.92. The molecule has 3 nitrogen and oxygen atoms in total. The Kier molecular flexibility index (Phi) is 6.16. The molecule has 0 saturated heterocycles. The normalized spacial score (nSPS) is 10.4. The summed E-state index contributed by atoms with van der Waals surface area (Å²) in [6, 6.07) is 5.80. The van der Waals surface area contributed by atoms with E-state index in [1.807, 2.05) is 43.9 Å². The highest BCUT2D eigenvalue weighted by atomic mass is 35.5. The first-order valence-electron chi connectivity index (χ1n) is 6.32. The summed E-state index contributed by atoms with van der Waals surface area (Å²) in [7, 11) is 0. The van der Waals surface area contributed by atoms with E-state index in [1.165, 1.54) is 5.56 Å². The van der Waals surface area contributed by atoms with Gasteiger partial charge in [-0.3, -0.25) is 4.79 Å². The van der Waals surface area contributed by atoms with Gasteiger partial charge in [0.15, 0.2) is 0 Å². The number of carbonyl (C=O) groups excluding carboxylic acids is 1. The molecule has 0 radical (unpaired) electrons. The Morgan fingerprint density at radius 3 is 2.56 bits per heavy atom. The zero-order chi connectivity index (χ0) is 13.5. The number of hydrogen-bond donors (Lipinski definition) is 1. The highest BCUT2D eigenvalue weighted by Gasteiger charge is 2.08. The summed E-state index contributed by atoms with van der Waals surface area (Å²) in [6.45, 7) is 8.60. The summed E-state index contributed by atoms with van der Waals surface area (Å²) < 4.78 is 0. The van der Waals surface area contributed by atoms with Crippen LogP contribution in [0.2, 0.25) is 5.02 Å². The predicted molar refractivity (Wildman–Crippen MR) is 75.8 cm³/mol. The molecule has 0 saturated carbocycles. The number of benzene rings is 1.